The highest BCUT2D eigenvalue weighted by Gasteiger charge is 2.24. The van der Waals surface area contributed by atoms with Gasteiger partial charge in [-0.1, -0.05) is 25.5 Å². The minimum absolute atomic E-state index is 0.158. The molecule has 1 atom stereocenters. The van der Waals surface area contributed by atoms with E-state index >= 15 is 0 Å². The minimum atomic E-state index is -1.01. The lowest BCUT2D eigenvalue weighted by Crippen LogP contribution is -2.44. The number of benzene rings is 1. The molecule has 1 aromatic rings. The summed E-state index contributed by atoms with van der Waals surface area (Å²) >= 11 is 2.07. The van der Waals surface area contributed by atoms with Crippen molar-refractivity contribution >= 4 is 34.5 Å². The molecule has 0 bridgehead atoms. The van der Waals surface area contributed by atoms with E-state index in [-0.39, 0.29) is 11.8 Å². The van der Waals surface area contributed by atoms with E-state index in [0.717, 1.165) is 9.13 Å². The van der Waals surface area contributed by atoms with Gasteiger partial charge in [0.2, 0.25) is 0 Å². The van der Waals surface area contributed by atoms with Gasteiger partial charge in [0.15, 0.2) is 0 Å². The van der Waals surface area contributed by atoms with E-state index in [2.05, 4.69) is 27.9 Å². The van der Waals surface area contributed by atoms with Gasteiger partial charge in [0.25, 0.3) is 5.91 Å². The smallest absolute Gasteiger partial charge is 0.326 e. The van der Waals surface area contributed by atoms with Gasteiger partial charge in [-0.15, -0.1) is 0 Å². The normalized spacial score (nSPS) is 12.3. The second-order valence-corrected chi connectivity index (χ2v) is 5.68. The van der Waals surface area contributed by atoms with Crippen molar-refractivity contribution in [3.8, 4) is 0 Å². The van der Waals surface area contributed by atoms with Crippen LogP contribution in [-0.2, 0) is 4.79 Å². The number of hydrogen-bond donors (Lipinski definition) is 2. The number of carbonyl (C=O) groups excluding carboxylic acids is 1. The number of halogens is 1. The van der Waals surface area contributed by atoms with Crippen LogP contribution >= 0.6 is 22.6 Å². The molecule has 18 heavy (non-hydrogen) atoms. The summed E-state index contributed by atoms with van der Waals surface area (Å²) in [6.45, 7) is 5.42. The van der Waals surface area contributed by atoms with E-state index in [0.29, 0.717) is 5.56 Å². The van der Waals surface area contributed by atoms with Crippen LogP contribution in [0.3, 0.4) is 0 Å². The molecule has 98 valence electrons. The van der Waals surface area contributed by atoms with Crippen LogP contribution in [-0.4, -0.2) is 23.0 Å². The van der Waals surface area contributed by atoms with Gasteiger partial charge in [-0.2, -0.15) is 0 Å². The van der Waals surface area contributed by atoms with Crippen molar-refractivity contribution in [1.82, 2.24) is 5.32 Å². The molecule has 1 unspecified atom stereocenters. The van der Waals surface area contributed by atoms with Crippen molar-refractivity contribution in [3.05, 3.63) is 32.9 Å². The number of carboxylic acids is 1. The predicted octanol–water partition coefficient (Wildman–Crippen LogP) is 2.44. The summed E-state index contributed by atoms with van der Waals surface area (Å²) in [4.78, 5) is 23.1. The Morgan fingerprint density at radius 1 is 1.33 bits per heavy atom. The van der Waals surface area contributed by atoms with Gasteiger partial charge >= 0.3 is 5.97 Å². The molecule has 0 saturated carbocycles. The molecule has 1 rings (SSSR count). The monoisotopic (exact) mass is 361 g/mol. The molecule has 4 nitrogen and oxygen atoms in total. The lowest BCUT2D eigenvalue weighted by molar-refractivity contribution is -0.140. The van der Waals surface area contributed by atoms with Gasteiger partial charge < -0.3 is 10.4 Å². The average Bonchev–Trinajstić information content (AvgIpc) is 2.28. The van der Waals surface area contributed by atoms with E-state index in [1.807, 2.05) is 19.1 Å². The third kappa shape index (κ3) is 3.69. The van der Waals surface area contributed by atoms with Gasteiger partial charge in [-0.25, -0.2) is 4.79 Å². The number of aliphatic carboxylic acids is 1. The minimum Gasteiger partial charge on any atom is -0.480 e. The fourth-order valence-electron chi connectivity index (χ4n) is 1.55. The van der Waals surface area contributed by atoms with Crippen molar-refractivity contribution in [2.45, 2.75) is 26.8 Å². The SMILES string of the molecule is Cc1ccc(I)c(C(=O)NC(C(=O)O)C(C)C)c1. The second-order valence-electron chi connectivity index (χ2n) is 4.52. The van der Waals surface area contributed by atoms with Gasteiger partial charge in [0.05, 0.1) is 5.56 Å². The highest BCUT2D eigenvalue weighted by atomic mass is 127. The summed E-state index contributed by atoms with van der Waals surface area (Å²) in [5.41, 5.74) is 1.49. The number of amides is 1. The molecular formula is C13H16INO3. The molecule has 0 aromatic heterocycles. The van der Waals surface area contributed by atoms with Crippen molar-refractivity contribution in [3.63, 3.8) is 0 Å². The zero-order chi connectivity index (χ0) is 13.9. The number of carbonyl (C=O) groups is 2. The summed E-state index contributed by atoms with van der Waals surface area (Å²) in [7, 11) is 0. The van der Waals surface area contributed by atoms with Gasteiger partial charge in [0.1, 0.15) is 6.04 Å². The molecule has 0 aliphatic carbocycles. The van der Waals surface area contributed by atoms with Crippen molar-refractivity contribution in [2.24, 2.45) is 5.92 Å². The number of carboxylic acid groups (broad SMARTS) is 1. The number of hydrogen-bond acceptors (Lipinski definition) is 2. The maximum atomic E-state index is 12.1. The van der Waals surface area contributed by atoms with E-state index < -0.39 is 12.0 Å². The number of aryl methyl sites for hydroxylation is 1. The van der Waals surface area contributed by atoms with E-state index in [9.17, 15) is 9.59 Å². The molecule has 0 spiro atoms. The molecule has 5 heteroatoms. The predicted molar refractivity (Wildman–Crippen MR) is 77.6 cm³/mol. The Morgan fingerprint density at radius 3 is 2.44 bits per heavy atom. The standard InChI is InChI=1S/C13H16INO3/c1-7(2)11(13(17)18)15-12(16)9-6-8(3)4-5-10(9)14/h4-7,11H,1-3H3,(H,15,16)(H,17,18). The first kappa shape index (κ1) is 14.9. The van der Waals surface area contributed by atoms with Crippen molar-refractivity contribution in [2.75, 3.05) is 0 Å². The molecule has 0 heterocycles. The highest BCUT2D eigenvalue weighted by Crippen LogP contribution is 2.15. The van der Waals surface area contributed by atoms with Crippen LogP contribution < -0.4 is 5.32 Å². The van der Waals surface area contributed by atoms with Crippen LogP contribution in [0.1, 0.15) is 29.8 Å². The lowest BCUT2D eigenvalue weighted by atomic mass is 10.0. The summed E-state index contributed by atoms with van der Waals surface area (Å²) in [5, 5.41) is 11.6. The maximum absolute atomic E-state index is 12.1. The van der Waals surface area contributed by atoms with Crippen molar-refractivity contribution < 1.29 is 14.7 Å². The van der Waals surface area contributed by atoms with Gasteiger partial charge in [0, 0.05) is 3.57 Å². The summed E-state index contributed by atoms with van der Waals surface area (Å²) in [6.07, 6.45) is 0. The zero-order valence-corrected chi connectivity index (χ0v) is 12.7. The summed E-state index contributed by atoms with van der Waals surface area (Å²) < 4.78 is 0.809. The first-order valence-electron chi connectivity index (χ1n) is 5.62. The Morgan fingerprint density at radius 2 is 1.94 bits per heavy atom. The Hall–Kier alpha value is -1.11. The fourth-order valence-corrected chi connectivity index (χ4v) is 2.13. The summed E-state index contributed by atoms with van der Waals surface area (Å²) in [5.74, 6) is -1.51. The van der Waals surface area contributed by atoms with Crippen LogP contribution in [0.4, 0.5) is 0 Å². The van der Waals surface area contributed by atoms with Gasteiger partial charge in [-0.05, 0) is 47.6 Å². The average molecular weight is 361 g/mol. The molecule has 0 fully saturated rings. The Kier molecular flexibility index (Phi) is 5.13. The molecule has 1 aromatic carbocycles. The van der Waals surface area contributed by atoms with Crippen LogP contribution in [0.25, 0.3) is 0 Å². The first-order chi connectivity index (χ1) is 8.32. The van der Waals surface area contributed by atoms with Crippen LogP contribution in [0.2, 0.25) is 0 Å². The van der Waals surface area contributed by atoms with Crippen LogP contribution in [0, 0.1) is 16.4 Å². The van der Waals surface area contributed by atoms with Crippen molar-refractivity contribution in [1.29, 1.82) is 0 Å². The van der Waals surface area contributed by atoms with Crippen LogP contribution in [0.5, 0.6) is 0 Å². The largest absolute Gasteiger partial charge is 0.480 e. The summed E-state index contributed by atoms with van der Waals surface area (Å²) in [6, 6.07) is 4.65. The first-order valence-corrected chi connectivity index (χ1v) is 6.70. The Bertz CT molecular complexity index is 471. The number of rotatable bonds is 4. The second kappa shape index (κ2) is 6.17. The van der Waals surface area contributed by atoms with E-state index in [4.69, 9.17) is 5.11 Å². The Balaban J connectivity index is 2.94. The molecular weight excluding hydrogens is 345 g/mol. The zero-order valence-electron chi connectivity index (χ0n) is 10.5. The molecule has 1 amide bonds. The molecule has 0 radical (unpaired) electrons. The third-order valence-corrected chi connectivity index (χ3v) is 3.53. The van der Waals surface area contributed by atoms with E-state index in [1.54, 1.807) is 19.9 Å². The fraction of sp³-hybridized carbons (Fsp3) is 0.385. The quantitative estimate of drug-likeness (QED) is 0.810. The van der Waals surface area contributed by atoms with Crippen LogP contribution in [0.15, 0.2) is 18.2 Å². The molecule has 0 saturated heterocycles. The van der Waals surface area contributed by atoms with Gasteiger partial charge in [-0.3, -0.25) is 4.79 Å². The topological polar surface area (TPSA) is 66.4 Å². The molecule has 2 N–H and O–H groups in total. The molecule has 0 aliphatic rings. The highest BCUT2D eigenvalue weighted by molar-refractivity contribution is 14.1. The lowest BCUT2D eigenvalue weighted by Gasteiger charge is -2.18. The molecule has 0 aliphatic heterocycles. The number of nitrogens with one attached hydrogen (secondary N) is 1. The Labute approximate surface area is 120 Å². The van der Waals surface area contributed by atoms with E-state index in [1.165, 1.54) is 0 Å². The maximum Gasteiger partial charge on any atom is 0.326 e. The third-order valence-electron chi connectivity index (χ3n) is 2.59.